The number of benzene rings is 2. The van der Waals surface area contributed by atoms with Gasteiger partial charge in [0.25, 0.3) is 17.7 Å². The van der Waals surface area contributed by atoms with Crippen LogP contribution in [0.4, 0.5) is 9.18 Å². The normalized spacial score (nSPS) is 20.8. The van der Waals surface area contributed by atoms with Gasteiger partial charge in [0, 0.05) is 23.7 Å². The van der Waals surface area contributed by atoms with Crippen LogP contribution in [0, 0.1) is 5.82 Å². The van der Waals surface area contributed by atoms with Crippen molar-refractivity contribution in [1.82, 2.24) is 15.1 Å². The lowest BCUT2D eigenvalue weighted by Gasteiger charge is -2.23. The van der Waals surface area contributed by atoms with Crippen LogP contribution in [0.3, 0.4) is 0 Å². The van der Waals surface area contributed by atoms with E-state index in [1.807, 2.05) is 0 Å². The maximum atomic E-state index is 13.4. The number of rotatable bonds is 5. The van der Waals surface area contributed by atoms with E-state index in [2.05, 4.69) is 5.32 Å². The molecule has 1 N–H and O–H groups in total. The van der Waals surface area contributed by atoms with E-state index in [0.29, 0.717) is 11.1 Å². The number of hydrogen-bond donors (Lipinski definition) is 1. The molecule has 0 spiro atoms. The standard InChI is InChI=1S/C21H17ClFN3O4/c1-21(15-8-7-12(23)11-16(15)22)19(29)26(20(30)24-21)10-4-9-25-17(27)13-5-2-3-6-14(13)18(25)28/h2-3,5-8,11H,4,9-10H2,1H3,(H,24,30). The first kappa shape index (κ1) is 20.0. The van der Waals surface area contributed by atoms with Crippen molar-refractivity contribution in [3.63, 3.8) is 0 Å². The zero-order chi connectivity index (χ0) is 21.6. The van der Waals surface area contributed by atoms with Crippen LogP contribution in [0.15, 0.2) is 42.5 Å². The molecule has 1 atom stereocenters. The average Bonchev–Trinajstić information content (AvgIpc) is 3.07. The summed E-state index contributed by atoms with van der Waals surface area (Å²) in [6.07, 6.45) is 0.220. The van der Waals surface area contributed by atoms with Gasteiger partial charge in [-0.3, -0.25) is 24.2 Å². The predicted molar refractivity (Wildman–Crippen MR) is 105 cm³/mol. The molecule has 5 amide bonds. The summed E-state index contributed by atoms with van der Waals surface area (Å²) < 4.78 is 13.4. The summed E-state index contributed by atoms with van der Waals surface area (Å²) in [6.45, 7) is 1.57. The molecule has 2 aliphatic rings. The van der Waals surface area contributed by atoms with Crippen LogP contribution in [0.5, 0.6) is 0 Å². The second-order valence-corrected chi connectivity index (χ2v) is 7.70. The highest BCUT2D eigenvalue weighted by atomic mass is 35.5. The van der Waals surface area contributed by atoms with Crippen molar-refractivity contribution >= 4 is 35.4 Å². The van der Waals surface area contributed by atoms with Gasteiger partial charge in [0.1, 0.15) is 11.4 Å². The van der Waals surface area contributed by atoms with E-state index >= 15 is 0 Å². The van der Waals surface area contributed by atoms with Crippen molar-refractivity contribution in [2.24, 2.45) is 0 Å². The van der Waals surface area contributed by atoms with Gasteiger partial charge < -0.3 is 5.32 Å². The number of nitrogens with zero attached hydrogens (tertiary/aromatic N) is 2. The van der Waals surface area contributed by atoms with E-state index in [1.165, 1.54) is 13.0 Å². The van der Waals surface area contributed by atoms with Gasteiger partial charge in [0.15, 0.2) is 0 Å². The molecule has 30 heavy (non-hydrogen) atoms. The molecule has 4 rings (SSSR count). The Balaban J connectivity index is 1.45. The average molecular weight is 430 g/mol. The number of imide groups is 2. The van der Waals surface area contributed by atoms with Crippen molar-refractivity contribution in [3.05, 3.63) is 70.0 Å². The third kappa shape index (κ3) is 3.04. The fourth-order valence-corrected chi connectivity index (χ4v) is 4.16. The highest BCUT2D eigenvalue weighted by molar-refractivity contribution is 6.32. The number of carbonyl (C=O) groups is 4. The van der Waals surface area contributed by atoms with Crippen molar-refractivity contribution in [3.8, 4) is 0 Å². The summed E-state index contributed by atoms with van der Waals surface area (Å²) in [6, 6.07) is 9.52. The van der Waals surface area contributed by atoms with Gasteiger partial charge in [-0.1, -0.05) is 29.8 Å². The molecule has 2 heterocycles. The van der Waals surface area contributed by atoms with Gasteiger partial charge >= 0.3 is 6.03 Å². The molecule has 1 unspecified atom stereocenters. The molecule has 1 fully saturated rings. The Hall–Kier alpha value is -3.26. The fourth-order valence-electron chi connectivity index (χ4n) is 3.81. The lowest BCUT2D eigenvalue weighted by Crippen LogP contribution is -2.41. The van der Waals surface area contributed by atoms with E-state index in [9.17, 15) is 23.6 Å². The number of halogens is 2. The minimum absolute atomic E-state index is 0.00642. The summed E-state index contributed by atoms with van der Waals surface area (Å²) in [4.78, 5) is 52.3. The SMILES string of the molecule is CC1(c2ccc(F)cc2Cl)NC(=O)N(CCCN2C(=O)c3ccccc3C2=O)C1=O. The lowest BCUT2D eigenvalue weighted by molar-refractivity contribution is -0.131. The monoisotopic (exact) mass is 429 g/mol. The molecule has 0 aromatic heterocycles. The molecule has 0 aliphatic carbocycles. The maximum Gasteiger partial charge on any atom is 0.325 e. The van der Waals surface area contributed by atoms with Crippen molar-refractivity contribution < 1.29 is 23.6 Å². The van der Waals surface area contributed by atoms with Crippen LogP contribution in [0.1, 0.15) is 39.6 Å². The molecule has 2 aliphatic heterocycles. The van der Waals surface area contributed by atoms with Crippen LogP contribution >= 0.6 is 11.6 Å². The number of amides is 5. The van der Waals surface area contributed by atoms with Gasteiger partial charge in [0.05, 0.1) is 11.1 Å². The Labute approximate surface area is 176 Å². The van der Waals surface area contributed by atoms with E-state index < -0.39 is 35.1 Å². The molecule has 7 nitrogen and oxygen atoms in total. The quantitative estimate of drug-likeness (QED) is 0.585. The summed E-state index contributed by atoms with van der Waals surface area (Å²) in [7, 11) is 0. The van der Waals surface area contributed by atoms with E-state index in [-0.39, 0.29) is 30.1 Å². The summed E-state index contributed by atoms with van der Waals surface area (Å²) in [5.74, 6) is -1.88. The first-order valence-corrected chi connectivity index (χ1v) is 9.66. The largest absolute Gasteiger partial charge is 0.325 e. The minimum Gasteiger partial charge on any atom is -0.319 e. The number of hydrogen-bond acceptors (Lipinski definition) is 4. The minimum atomic E-state index is -1.43. The summed E-state index contributed by atoms with van der Waals surface area (Å²) >= 11 is 6.08. The van der Waals surface area contributed by atoms with E-state index in [0.717, 1.165) is 21.9 Å². The Morgan fingerprint density at radius 3 is 2.17 bits per heavy atom. The molecule has 0 bridgehead atoms. The topological polar surface area (TPSA) is 86.8 Å². The molecule has 0 radical (unpaired) electrons. The zero-order valence-electron chi connectivity index (χ0n) is 15.9. The summed E-state index contributed by atoms with van der Waals surface area (Å²) in [5, 5.41) is 2.63. The number of carbonyl (C=O) groups excluding carboxylic acids is 4. The van der Waals surface area contributed by atoms with Crippen molar-refractivity contribution in [2.75, 3.05) is 13.1 Å². The van der Waals surface area contributed by atoms with Crippen LogP contribution in [-0.4, -0.2) is 46.6 Å². The molecule has 154 valence electrons. The zero-order valence-corrected chi connectivity index (χ0v) is 16.7. The second kappa shape index (κ2) is 7.21. The first-order chi connectivity index (χ1) is 14.2. The highest BCUT2D eigenvalue weighted by Gasteiger charge is 2.49. The van der Waals surface area contributed by atoms with Crippen LogP contribution < -0.4 is 5.32 Å². The van der Waals surface area contributed by atoms with Crippen LogP contribution in [0.25, 0.3) is 0 Å². The molecular weight excluding hydrogens is 413 g/mol. The Morgan fingerprint density at radius 1 is 0.967 bits per heavy atom. The molecule has 0 saturated carbocycles. The predicted octanol–water partition coefficient (Wildman–Crippen LogP) is 2.93. The second-order valence-electron chi connectivity index (χ2n) is 7.30. The Morgan fingerprint density at radius 2 is 1.57 bits per heavy atom. The molecule has 2 aromatic carbocycles. The van der Waals surface area contributed by atoms with Crippen LogP contribution in [-0.2, 0) is 10.3 Å². The number of urea groups is 1. The Kier molecular flexibility index (Phi) is 4.82. The molecule has 9 heteroatoms. The van der Waals surface area contributed by atoms with Crippen LogP contribution in [0.2, 0.25) is 5.02 Å². The third-order valence-electron chi connectivity index (χ3n) is 5.39. The Bertz CT molecular complexity index is 1070. The number of fused-ring (bicyclic) bond motifs is 1. The molecule has 1 saturated heterocycles. The lowest BCUT2D eigenvalue weighted by atomic mass is 9.92. The highest BCUT2D eigenvalue weighted by Crippen LogP contribution is 2.34. The van der Waals surface area contributed by atoms with Gasteiger partial charge in [-0.05, 0) is 37.6 Å². The maximum absolute atomic E-state index is 13.4. The van der Waals surface area contributed by atoms with Gasteiger partial charge in [0.2, 0.25) is 0 Å². The van der Waals surface area contributed by atoms with Crippen molar-refractivity contribution in [1.29, 1.82) is 0 Å². The number of nitrogens with one attached hydrogen (secondary N) is 1. The van der Waals surface area contributed by atoms with E-state index in [4.69, 9.17) is 11.6 Å². The van der Waals surface area contributed by atoms with E-state index in [1.54, 1.807) is 24.3 Å². The van der Waals surface area contributed by atoms with Gasteiger partial charge in [-0.15, -0.1) is 0 Å². The summed E-state index contributed by atoms with van der Waals surface area (Å²) in [5.41, 5.74) is -0.462. The molecule has 2 aromatic rings. The smallest absolute Gasteiger partial charge is 0.319 e. The van der Waals surface area contributed by atoms with Crippen molar-refractivity contribution in [2.45, 2.75) is 18.9 Å². The first-order valence-electron chi connectivity index (χ1n) is 9.29. The molecular formula is C21H17ClFN3O4. The van der Waals surface area contributed by atoms with Gasteiger partial charge in [-0.25, -0.2) is 9.18 Å². The van der Waals surface area contributed by atoms with Gasteiger partial charge in [-0.2, -0.15) is 0 Å². The fraction of sp³-hybridized carbons (Fsp3) is 0.238. The third-order valence-corrected chi connectivity index (χ3v) is 5.70.